The van der Waals surface area contributed by atoms with Crippen LogP contribution in [-0.2, 0) is 18.9 Å². The number of rotatable bonds is 6. The number of pyridine rings is 2. The lowest BCUT2D eigenvalue weighted by Crippen LogP contribution is -2.14. The Hall–Kier alpha value is -3.47. The van der Waals surface area contributed by atoms with Gasteiger partial charge < -0.3 is 18.9 Å². The van der Waals surface area contributed by atoms with Gasteiger partial charge in [-0.25, -0.2) is 29.1 Å². The van der Waals surface area contributed by atoms with Gasteiger partial charge in [-0.05, 0) is 12.1 Å². The minimum Gasteiger partial charge on any atom is -0.465 e. The molecule has 0 aromatic carbocycles. The Morgan fingerprint density at radius 2 is 1.00 bits per heavy atom. The third-order valence-electron chi connectivity index (χ3n) is 3.53. The summed E-state index contributed by atoms with van der Waals surface area (Å²) in [5.41, 5.74) is -0.565. The van der Waals surface area contributed by atoms with Crippen molar-refractivity contribution in [2.24, 2.45) is 0 Å². The lowest BCUT2D eigenvalue weighted by molar-refractivity contribution is 0.0549. The molecular weight excluding hydrogens is 404 g/mol. The molecule has 0 N–H and O–H groups in total. The second kappa shape index (κ2) is 9.64. The summed E-state index contributed by atoms with van der Waals surface area (Å²) in [5.74, 6) is -3.12. The number of hydrogen-bond acceptors (Lipinski definition) is 11. The number of methoxy groups -OCH3 is 4. The maximum absolute atomic E-state index is 12.0. The first-order valence-electron chi connectivity index (χ1n) is 7.87. The van der Waals surface area contributed by atoms with Crippen molar-refractivity contribution in [2.75, 3.05) is 28.4 Å². The van der Waals surface area contributed by atoms with Crippen LogP contribution in [0.15, 0.2) is 34.3 Å². The van der Waals surface area contributed by atoms with Crippen LogP contribution in [-0.4, -0.2) is 62.3 Å². The van der Waals surface area contributed by atoms with Crippen LogP contribution in [0.2, 0.25) is 0 Å². The zero-order chi connectivity index (χ0) is 21.6. The molecule has 0 aliphatic rings. The minimum atomic E-state index is -0.793. The molecule has 0 fully saturated rings. The van der Waals surface area contributed by atoms with Crippen molar-refractivity contribution in [3.05, 3.63) is 47.0 Å². The average Bonchev–Trinajstić information content (AvgIpc) is 2.76. The van der Waals surface area contributed by atoms with Crippen LogP contribution in [0.3, 0.4) is 0 Å². The quantitative estimate of drug-likeness (QED) is 0.500. The Bertz CT molecular complexity index is 899. The molecule has 0 bridgehead atoms. The number of carbonyl (C=O) groups excluding carboxylic acids is 4. The predicted octanol–water partition coefficient (Wildman–Crippen LogP) is 1.77. The molecule has 0 unspecified atom stereocenters. The first kappa shape index (κ1) is 21.8. The summed E-state index contributed by atoms with van der Waals surface area (Å²) in [5, 5.41) is 0. The van der Waals surface area contributed by atoms with Gasteiger partial charge in [0.15, 0.2) is 11.4 Å². The van der Waals surface area contributed by atoms with Gasteiger partial charge in [-0.3, -0.25) is 0 Å². The minimum absolute atomic E-state index is 0.0864. The number of esters is 4. The van der Waals surface area contributed by atoms with E-state index in [0.29, 0.717) is 9.79 Å². The van der Waals surface area contributed by atoms with Gasteiger partial charge in [0.25, 0.3) is 0 Å². The summed E-state index contributed by atoms with van der Waals surface area (Å²) >= 11 is 1.08. The van der Waals surface area contributed by atoms with E-state index in [2.05, 4.69) is 28.9 Å². The molecule has 0 amide bonds. The fraction of sp³-hybridized carbons (Fsp3) is 0.222. The highest BCUT2D eigenvalue weighted by Crippen LogP contribution is 2.30. The zero-order valence-corrected chi connectivity index (χ0v) is 16.7. The van der Waals surface area contributed by atoms with Crippen molar-refractivity contribution in [2.45, 2.75) is 9.79 Å². The number of carbonyl (C=O) groups is 4. The van der Waals surface area contributed by atoms with Gasteiger partial charge in [-0.15, -0.1) is 0 Å². The third-order valence-corrected chi connectivity index (χ3v) is 4.45. The number of ether oxygens (including phenoxy) is 4. The molecule has 29 heavy (non-hydrogen) atoms. The van der Waals surface area contributed by atoms with Crippen molar-refractivity contribution < 1.29 is 38.1 Å². The van der Waals surface area contributed by atoms with Crippen LogP contribution in [0.25, 0.3) is 0 Å². The molecule has 0 atom stereocenters. The molecule has 10 nitrogen and oxygen atoms in total. The molecule has 0 aliphatic heterocycles. The summed E-state index contributed by atoms with van der Waals surface area (Å²) in [6.45, 7) is 0. The highest BCUT2D eigenvalue weighted by molar-refractivity contribution is 7.99. The molecule has 2 heterocycles. The maximum atomic E-state index is 12.0. The number of hydrogen-bond donors (Lipinski definition) is 0. The molecule has 2 rings (SSSR count). The van der Waals surface area contributed by atoms with E-state index in [1.165, 1.54) is 38.7 Å². The fourth-order valence-electron chi connectivity index (χ4n) is 2.19. The molecule has 0 spiro atoms. The largest absolute Gasteiger partial charge is 0.465 e. The highest BCUT2D eigenvalue weighted by atomic mass is 32.2. The van der Waals surface area contributed by atoms with E-state index in [1.54, 1.807) is 0 Å². The van der Waals surface area contributed by atoms with Crippen LogP contribution in [0.1, 0.15) is 41.7 Å². The molecule has 11 heteroatoms. The van der Waals surface area contributed by atoms with Gasteiger partial charge in [0.2, 0.25) is 0 Å². The Kier molecular flexibility index (Phi) is 7.26. The normalized spacial score (nSPS) is 10.1. The van der Waals surface area contributed by atoms with Crippen molar-refractivity contribution in [1.29, 1.82) is 0 Å². The SMILES string of the molecule is COC(=O)c1cc(Sc2cnc(C(=O)OC)c(C(=O)OC)c2)cnc1C(=O)OC. The van der Waals surface area contributed by atoms with Gasteiger partial charge in [0.1, 0.15) is 0 Å². The number of aromatic nitrogens is 2. The van der Waals surface area contributed by atoms with E-state index in [4.69, 9.17) is 0 Å². The van der Waals surface area contributed by atoms with Gasteiger partial charge in [-0.1, -0.05) is 11.8 Å². The Labute approximate surface area is 169 Å². The average molecular weight is 420 g/mol. The summed E-state index contributed by atoms with van der Waals surface area (Å²) < 4.78 is 18.6. The topological polar surface area (TPSA) is 131 Å². The van der Waals surface area contributed by atoms with Crippen LogP contribution in [0, 0.1) is 0 Å². The van der Waals surface area contributed by atoms with Gasteiger partial charge in [0.05, 0.1) is 39.6 Å². The van der Waals surface area contributed by atoms with Crippen molar-refractivity contribution in [3.63, 3.8) is 0 Å². The smallest absolute Gasteiger partial charge is 0.357 e. The molecule has 0 radical (unpaired) electrons. The van der Waals surface area contributed by atoms with E-state index >= 15 is 0 Å². The van der Waals surface area contributed by atoms with Crippen molar-refractivity contribution >= 4 is 35.6 Å². The Morgan fingerprint density at radius 3 is 1.31 bits per heavy atom. The second-order valence-corrected chi connectivity index (χ2v) is 6.35. The van der Waals surface area contributed by atoms with Gasteiger partial charge >= 0.3 is 23.9 Å². The standard InChI is InChI=1S/C18H16N2O8S/c1-25-15(21)11-5-9(7-19-13(11)17(23)27-3)29-10-6-12(16(22)26-2)14(20-8-10)18(24)28-4/h5-8H,1-4H3. The molecule has 0 aliphatic carbocycles. The first-order chi connectivity index (χ1) is 13.9. The Balaban J connectivity index is 2.45. The van der Waals surface area contributed by atoms with Gasteiger partial charge in [-0.2, -0.15) is 0 Å². The van der Waals surface area contributed by atoms with Crippen LogP contribution < -0.4 is 0 Å². The molecule has 0 saturated heterocycles. The Morgan fingerprint density at radius 1 is 0.655 bits per heavy atom. The highest BCUT2D eigenvalue weighted by Gasteiger charge is 2.23. The summed E-state index contributed by atoms with van der Waals surface area (Å²) in [4.78, 5) is 56.4. The molecule has 152 valence electrons. The summed E-state index contributed by atoms with van der Waals surface area (Å²) in [6, 6.07) is 2.78. The third kappa shape index (κ3) is 4.88. The molecular formula is C18H16N2O8S. The predicted molar refractivity (Wildman–Crippen MR) is 98.0 cm³/mol. The fourth-order valence-corrected chi connectivity index (χ4v) is 3.03. The van der Waals surface area contributed by atoms with E-state index in [0.717, 1.165) is 26.0 Å². The van der Waals surface area contributed by atoms with Crippen LogP contribution in [0.4, 0.5) is 0 Å². The lowest BCUT2D eigenvalue weighted by atomic mass is 10.2. The maximum Gasteiger partial charge on any atom is 0.357 e. The van der Waals surface area contributed by atoms with Crippen LogP contribution in [0.5, 0.6) is 0 Å². The molecule has 2 aromatic heterocycles. The summed E-state index contributed by atoms with van der Waals surface area (Å²) in [7, 11) is 4.66. The van der Waals surface area contributed by atoms with E-state index in [1.807, 2.05) is 0 Å². The molecule has 0 saturated carbocycles. The van der Waals surface area contributed by atoms with Crippen molar-refractivity contribution in [3.8, 4) is 0 Å². The zero-order valence-electron chi connectivity index (χ0n) is 15.9. The summed E-state index contributed by atoms with van der Waals surface area (Å²) in [6.07, 6.45) is 2.69. The molecule has 2 aromatic rings. The first-order valence-corrected chi connectivity index (χ1v) is 8.69. The van der Waals surface area contributed by atoms with E-state index in [-0.39, 0.29) is 22.5 Å². The van der Waals surface area contributed by atoms with E-state index < -0.39 is 23.9 Å². The lowest BCUT2D eigenvalue weighted by Gasteiger charge is -2.10. The van der Waals surface area contributed by atoms with Crippen LogP contribution >= 0.6 is 11.8 Å². The number of nitrogens with zero attached hydrogens (tertiary/aromatic N) is 2. The van der Waals surface area contributed by atoms with Gasteiger partial charge in [0, 0.05) is 22.2 Å². The second-order valence-electron chi connectivity index (χ2n) is 5.20. The van der Waals surface area contributed by atoms with E-state index in [9.17, 15) is 19.2 Å². The monoisotopic (exact) mass is 420 g/mol. The van der Waals surface area contributed by atoms with Crippen molar-refractivity contribution in [1.82, 2.24) is 9.97 Å².